The maximum atomic E-state index is 11.1. The molecule has 1 aliphatic heterocycles. The quantitative estimate of drug-likeness (QED) is 0.688. The number of carboxylic acids is 1. The average molecular weight is 201 g/mol. The first-order valence-electron chi connectivity index (χ1n) is 4.59. The highest BCUT2D eigenvalue weighted by Gasteiger charge is 2.34. The molecule has 0 radical (unpaired) electrons. The Bertz CT molecular complexity index is 241. The summed E-state index contributed by atoms with van der Waals surface area (Å²) < 4.78 is 5.10. The van der Waals surface area contributed by atoms with Gasteiger partial charge in [-0.3, -0.25) is 4.79 Å². The van der Waals surface area contributed by atoms with E-state index in [1.807, 2.05) is 0 Å². The lowest BCUT2D eigenvalue weighted by atomic mass is 9.99. The fourth-order valence-electron chi connectivity index (χ4n) is 1.76. The molecule has 2 unspecified atom stereocenters. The van der Waals surface area contributed by atoms with Crippen molar-refractivity contribution in [2.75, 3.05) is 13.7 Å². The molecule has 14 heavy (non-hydrogen) atoms. The van der Waals surface area contributed by atoms with Crippen molar-refractivity contribution >= 4 is 11.9 Å². The lowest BCUT2D eigenvalue weighted by Crippen LogP contribution is -2.50. The van der Waals surface area contributed by atoms with Crippen LogP contribution in [0.4, 0.5) is 0 Å². The van der Waals surface area contributed by atoms with Crippen molar-refractivity contribution in [1.29, 1.82) is 0 Å². The molecule has 0 spiro atoms. The molecule has 1 N–H and O–H groups in total. The fraction of sp³-hybridized carbons (Fsp3) is 0.778. The molecule has 0 bridgehead atoms. The second-order valence-electron chi connectivity index (χ2n) is 3.45. The van der Waals surface area contributed by atoms with Crippen molar-refractivity contribution in [1.82, 2.24) is 4.90 Å². The average Bonchev–Trinajstić information content (AvgIpc) is 2.16. The predicted octanol–water partition coefficient (Wildman–Crippen LogP) is 0.0969. The van der Waals surface area contributed by atoms with E-state index in [-0.39, 0.29) is 12.0 Å². The summed E-state index contributed by atoms with van der Waals surface area (Å²) in [6, 6.07) is -0.730. The number of ether oxygens (including phenoxy) is 1. The summed E-state index contributed by atoms with van der Waals surface area (Å²) in [5, 5.41) is 8.92. The summed E-state index contributed by atoms with van der Waals surface area (Å²) in [6.07, 6.45) is 1.04. The normalized spacial score (nSPS) is 27.4. The molecule has 1 saturated heterocycles. The van der Waals surface area contributed by atoms with Crippen molar-refractivity contribution < 1.29 is 19.4 Å². The molecular weight excluding hydrogens is 186 g/mol. The van der Waals surface area contributed by atoms with Crippen molar-refractivity contribution in [3.05, 3.63) is 0 Å². The molecule has 2 atom stereocenters. The Morgan fingerprint density at radius 1 is 1.50 bits per heavy atom. The standard InChI is InChI=1S/C9H15NO4/c1-6(11)10-4-3-7(14-2)5-8(10)9(12)13/h7-8H,3-5H2,1-2H3,(H,12,13). The summed E-state index contributed by atoms with van der Waals surface area (Å²) in [7, 11) is 1.56. The maximum Gasteiger partial charge on any atom is 0.326 e. The van der Waals surface area contributed by atoms with Gasteiger partial charge < -0.3 is 14.7 Å². The van der Waals surface area contributed by atoms with Crippen molar-refractivity contribution in [2.45, 2.75) is 31.9 Å². The van der Waals surface area contributed by atoms with Gasteiger partial charge in [0, 0.05) is 27.0 Å². The van der Waals surface area contributed by atoms with E-state index in [1.165, 1.54) is 11.8 Å². The lowest BCUT2D eigenvalue weighted by Gasteiger charge is -2.35. The van der Waals surface area contributed by atoms with E-state index in [2.05, 4.69) is 0 Å². The number of aliphatic carboxylic acids is 1. The van der Waals surface area contributed by atoms with Gasteiger partial charge in [-0.05, 0) is 6.42 Å². The first-order valence-corrected chi connectivity index (χ1v) is 4.59. The van der Waals surface area contributed by atoms with E-state index < -0.39 is 12.0 Å². The molecule has 0 aliphatic carbocycles. The number of nitrogens with zero attached hydrogens (tertiary/aromatic N) is 1. The molecule has 1 amide bonds. The number of carbonyl (C=O) groups excluding carboxylic acids is 1. The van der Waals surface area contributed by atoms with Crippen LogP contribution < -0.4 is 0 Å². The first kappa shape index (κ1) is 11.0. The monoisotopic (exact) mass is 201 g/mol. The Labute approximate surface area is 82.6 Å². The molecule has 80 valence electrons. The summed E-state index contributed by atoms with van der Waals surface area (Å²) >= 11 is 0. The molecule has 0 saturated carbocycles. The van der Waals surface area contributed by atoms with Crippen LogP contribution in [0.2, 0.25) is 0 Å². The second kappa shape index (κ2) is 4.41. The van der Waals surface area contributed by atoms with Crippen LogP contribution in [0.25, 0.3) is 0 Å². The SMILES string of the molecule is COC1CCN(C(C)=O)C(C(=O)O)C1. The van der Waals surface area contributed by atoms with Gasteiger partial charge in [-0.25, -0.2) is 4.79 Å². The minimum absolute atomic E-state index is 0.0494. The summed E-state index contributed by atoms with van der Waals surface area (Å²) in [6.45, 7) is 1.86. The van der Waals surface area contributed by atoms with Gasteiger partial charge in [-0.15, -0.1) is 0 Å². The summed E-state index contributed by atoms with van der Waals surface area (Å²) in [4.78, 5) is 23.4. The van der Waals surface area contributed by atoms with Gasteiger partial charge in [0.1, 0.15) is 6.04 Å². The Hall–Kier alpha value is -1.10. The lowest BCUT2D eigenvalue weighted by molar-refractivity contribution is -0.154. The van der Waals surface area contributed by atoms with Crippen LogP contribution in [0.1, 0.15) is 19.8 Å². The van der Waals surface area contributed by atoms with Crippen molar-refractivity contribution in [3.8, 4) is 0 Å². The molecule has 5 heteroatoms. The van der Waals surface area contributed by atoms with E-state index >= 15 is 0 Å². The third kappa shape index (κ3) is 2.23. The van der Waals surface area contributed by atoms with Crippen LogP contribution in [0.15, 0.2) is 0 Å². The Balaban J connectivity index is 2.70. The Kier molecular flexibility index (Phi) is 3.46. The molecule has 1 heterocycles. The summed E-state index contributed by atoms with van der Waals surface area (Å²) in [5.41, 5.74) is 0. The fourth-order valence-corrected chi connectivity index (χ4v) is 1.76. The Morgan fingerprint density at radius 3 is 2.57 bits per heavy atom. The molecule has 1 rings (SSSR count). The van der Waals surface area contributed by atoms with E-state index in [9.17, 15) is 9.59 Å². The summed E-state index contributed by atoms with van der Waals surface area (Å²) in [5.74, 6) is -1.14. The third-order valence-electron chi connectivity index (χ3n) is 2.58. The van der Waals surface area contributed by atoms with Gasteiger partial charge in [0.2, 0.25) is 5.91 Å². The minimum Gasteiger partial charge on any atom is -0.480 e. The Morgan fingerprint density at radius 2 is 2.14 bits per heavy atom. The van der Waals surface area contributed by atoms with E-state index in [0.29, 0.717) is 19.4 Å². The van der Waals surface area contributed by atoms with Gasteiger partial charge in [0.15, 0.2) is 0 Å². The third-order valence-corrected chi connectivity index (χ3v) is 2.58. The van der Waals surface area contributed by atoms with Gasteiger partial charge in [0.05, 0.1) is 6.10 Å². The number of rotatable bonds is 2. The molecule has 0 aromatic rings. The molecule has 0 aromatic carbocycles. The van der Waals surface area contributed by atoms with E-state index in [4.69, 9.17) is 9.84 Å². The van der Waals surface area contributed by atoms with Crippen LogP contribution in [0.5, 0.6) is 0 Å². The highest BCUT2D eigenvalue weighted by atomic mass is 16.5. The number of carboxylic acid groups (broad SMARTS) is 1. The van der Waals surface area contributed by atoms with Gasteiger partial charge in [-0.2, -0.15) is 0 Å². The number of hydrogen-bond donors (Lipinski definition) is 1. The van der Waals surface area contributed by atoms with Crippen LogP contribution in [-0.2, 0) is 14.3 Å². The smallest absolute Gasteiger partial charge is 0.326 e. The second-order valence-corrected chi connectivity index (χ2v) is 3.45. The van der Waals surface area contributed by atoms with Crippen LogP contribution in [-0.4, -0.2) is 47.7 Å². The van der Waals surface area contributed by atoms with Crippen LogP contribution in [0, 0.1) is 0 Å². The number of methoxy groups -OCH3 is 1. The van der Waals surface area contributed by atoms with Crippen LogP contribution in [0.3, 0.4) is 0 Å². The van der Waals surface area contributed by atoms with E-state index in [1.54, 1.807) is 7.11 Å². The molecule has 5 nitrogen and oxygen atoms in total. The maximum absolute atomic E-state index is 11.1. The molecule has 1 fully saturated rings. The minimum atomic E-state index is -0.957. The van der Waals surface area contributed by atoms with Gasteiger partial charge >= 0.3 is 5.97 Å². The highest BCUT2D eigenvalue weighted by Crippen LogP contribution is 2.19. The number of carbonyl (C=O) groups is 2. The van der Waals surface area contributed by atoms with E-state index in [0.717, 1.165) is 0 Å². The predicted molar refractivity (Wildman–Crippen MR) is 48.8 cm³/mol. The zero-order chi connectivity index (χ0) is 10.7. The van der Waals surface area contributed by atoms with Crippen molar-refractivity contribution in [2.24, 2.45) is 0 Å². The number of hydrogen-bond acceptors (Lipinski definition) is 3. The first-order chi connectivity index (χ1) is 6.56. The van der Waals surface area contributed by atoms with Gasteiger partial charge in [0.25, 0.3) is 0 Å². The van der Waals surface area contributed by atoms with Crippen LogP contribution >= 0.6 is 0 Å². The molecule has 1 aliphatic rings. The number of piperidine rings is 1. The highest BCUT2D eigenvalue weighted by molar-refractivity contribution is 5.82. The molecular formula is C9H15NO4. The zero-order valence-corrected chi connectivity index (χ0v) is 8.40. The van der Waals surface area contributed by atoms with Crippen molar-refractivity contribution in [3.63, 3.8) is 0 Å². The molecule has 0 aromatic heterocycles. The largest absolute Gasteiger partial charge is 0.480 e. The zero-order valence-electron chi connectivity index (χ0n) is 8.40. The number of amides is 1. The number of likely N-dealkylation sites (tertiary alicyclic amines) is 1. The topological polar surface area (TPSA) is 66.8 Å². The van der Waals surface area contributed by atoms with Gasteiger partial charge in [-0.1, -0.05) is 0 Å².